The number of benzene rings is 1. The highest BCUT2D eigenvalue weighted by Crippen LogP contribution is 2.00. The van der Waals surface area contributed by atoms with Crippen LogP contribution in [0, 0.1) is 24.2 Å². The molecule has 0 fully saturated rings. The largest absolute Gasteiger partial charge is 0.309 e. The SMILES string of the molecule is C#Cc1ccc(C#CCNC)cc1. The third-order valence-electron chi connectivity index (χ3n) is 1.55. The number of nitrogens with one attached hydrogen (secondary N) is 1. The highest BCUT2D eigenvalue weighted by atomic mass is 14.8. The Balaban J connectivity index is 2.72. The molecule has 0 radical (unpaired) electrons. The van der Waals surface area contributed by atoms with Crippen LogP contribution in [0.2, 0.25) is 0 Å². The Morgan fingerprint density at radius 1 is 1.23 bits per heavy atom. The molecule has 0 heterocycles. The van der Waals surface area contributed by atoms with E-state index in [9.17, 15) is 0 Å². The Kier molecular flexibility index (Phi) is 3.64. The highest BCUT2D eigenvalue weighted by Gasteiger charge is 1.86. The minimum Gasteiger partial charge on any atom is -0.309 e. The van der Waals surface area contributed by atoms with Crippen molar-refractivity contribution in [2.24, 2.45) is 0 Å². The van der Waals surface area contributed by atoms with Gasteiger partial charge in [-0.05, 0) is 31.3 Å². The summed E-state index contributed by atoms with van der Waals surface area (Å²) in [6.07, 6.45) is 5.23. The van der Waals surface area contributed by atoms with E-state index in [4.69, 9.17) is 6.42 Å². The Hall–Kier alpha value is -1.70. The van der Waals surface area contributed by atoms with Gasteiger partial charge in [0.1, 0.15) is 0 Å². The van der Waals surface area contributed by atoms with Gasteiger partial charge in [0.2, 0.25) is 0 Å². The lowest BCUT2D eigenvalue weighted by Crippen LogP contribution is -2.04. The monoisotopic (exact) mass is 169 g/mol. The smallest absolute Gasteiger partial charge is 0.0577 e. The summed E-state index contributed by atoms with van der Waals surface area (Å²) in [5.74, 6) is 8.55. The molecule has 1 rings (SSSR count). The average molecular weight is 169 g/mol. The van der Waals surface area contributed by atoms with E-state index in [1.54, 1.807) is 0 Å². The molecule has 0 aliphatic heterocycles. The fraction of sp³-hybridized carbons (Fsp3) is 0.167. The van der Waals surface area contributed by atoms with Crippen molar-refractivity contribution in [3.05, 3.63) is 35.4 Å². The number of hydrogen-bond acceptors (Lipinski definition) is 1. The van der Waals surface area contributed by atoms with Crippen LogP contribution in [-0.4, -0.2) is 13.6 Å². The van der Waals surface area contributed by atoms with Gasteiger partial charge in [0, 0.05) is 11.1 Å². The van der Waals surface area contributed by atoms with Crippen molar-refractivity contribution >= 4 is 0 Å². The zero-order valence-corrected chi connectivity index (χ0v) is 7.59. The molecule has 0 saturated carbocycles. The Labute approximate surface area is 79.2 Å². The fourth-order valence-electron chi connectivity index (χ4n) is 0.884. The highest BCUT2D eigenvalue weighted by molar-refractivity contribution is 5.40. The van der Waals surface area contributed by atoms with E-state index in [-0.39, 0.29) is 0 Å². The lowest BCUT2D eigenvalue weighted by atomic mass is 10.1. The summed E-state index contributed by atoms with van der Waals surface area (Å²) in [6.45, 7) is 0.705. The molecule has 1 aromatic rings. The third-order valence-corrected chi connectivity index (χ3v) is 1.55. The molecular weight excluding hydrogens is 158 g/mol. The number of terminal acetylenes is 1. The Bertz CT molecular complexity index is 357. The molecule has 13 heavy (non-hydrogen) atoms. The molecule has 0 spiro atoms. The van der Waals surface area contributed by atoms with Crippen LogP contribution in [0.1, 0.15) is 11.1 Å². The predicted octanol–water partition coefficient (Wildman–Crippen LogP) is 1.24. The predicted molar refractivity (Wildman–Crippen MR) is 55.2 cm³/mol. The van der Waals surface area contributed by atoms with Gasteiger partial charge in [-0.2, -0.15) is 0 Å². The van der Waals surface area contributed by atoms with Gasteiger partial charge in [0.15, 0.2) is 0 Å². The molecule has 0 atom stereocenters. The summed E-state index contributed by atoms with van der Waals surface area (Å²) in [6, 6.07) is 7.64. The fourth-order valence-corrected chi connectivity index (χ4v) is 0.884. The summed E-state index contributed by atoms with van der Waals surface area (Å²) in [5.41, 5.74) is 1.88. The van der Waals surface area contributed by atoms with E-state index in [2.05, 4.69) is 23.1 Å². The minimum atomic E-state index is 0.705. The van der Waals surface area contributed by atoms with Crippen LogP contribution < -0.4 is 5.32 Å². The lowest BCUT2D eigenvalue weighted by molar-refractivity contribution is 0.938. The normalized spacial score (nSPS) is 8.31. The molecule has 0 aromatic heterocycles. The average Bonchev–Trinajstić information content (AvgIpc) is 2.19. The van der Waals surface area contributed by atoms with E-state index in [1.807, 2.05) is 31.3 Å². The molecule has 0 bridgehead atoms. The molecule has 0 unspecified atom stereocenters. The molecule has 0 amide bonds. The van der Waals surface area contributed by atoms with Crippen LogP contribution in [0.5, 0.6) is 0 Å². The van der Waals surface area contributed by atoms with Crippen molar-refractivity contribution in [1.82, 2.24) is 5.32 Å². The molecule has 1 heteroatoms. The maximum Gasteiger partial charge on any atom is 0.0577 e. The van der Waals surface area contributed by atoms with Gasteiger partial charge in [-0.25, -0.2) is 0 Å². The van der Waals surface area contributed by atoms with Crippen molar-refractivity contribution in [2.45, 2.75) is 0 Å². The summed E-state index contributed by atoms with van der Waals surface area (Å²) in [5, 5.41) is 2.95. The van der Waals surface area contributed by atoms with Gasteiger partial charge < -0.3 is 5.32 Å². The first kappa shape index (κ1) is 9.39. The first-order valence-electron chi connectivity index (χ1n) is 4.07. The molecule has 1 nitrogen and oxygen atoms in total. The van der Waals surface area contributed by atoms with Crippen molar-refractivity contribution in [2.75, 3.05) is 13.6 Å². The van der Waals surface area contributed by atoms with E-state index < -0.39 is 0 Å². The van der Waals surface area contributed by atoms with E-state index >= 15 is 0 Å². The first-order chi connectivity index (χ1) is 6.36. The van der Waals surface area contributed by atoms with Crippen molar-refractivity contribution < 1.29 is 0 Å². The van der Waals surface area contributed by atoms with Crippen molar-refractivity contribution in [1.29, 1.82) is 0 Å². The van der Waals surface area contributed by atoms with Gasteiger partial charge in [-0.1, -0.05) is 17.8 Å². The van der Waals surface area contributed by atoms with Crippen LogP contribution in [0.25, 0.3) is 0 Å². The van der Waals surface area contributed by atoms with Gasteiger partial charge >= 0.3 is 0 Å². The van der Waals surface area contributed by atoms with Gasteiger partial charge in [-0.3, -0.25) is 0 Å². The molecule has 0 saturated heterocycles. The quantitative estimate of drug-likeness (QED) is 0.624. The van der Waals surface area contributed by atoms with Crippen molar-refractivity contribution in [3.63, 3.8) is 0 Å². The number of rotatable bonds is 1. The second kappa shape index (κ2) is 5.04. The number of hydrogen-bond donors (Lipinski definition) is 1. The minimum absolute atomic E-state index is 0.705. The van der Waals surface area contributed by atoms with E-state index in [1.165, 1.54) is 0 Å². The lowest BCUT2D eigenvalue weighted by Gasteiger charge is -1.90. The zero-order valence-electron chi connectivity index (χ0n) is 7.59. The Morgan fingerprint density at radius 2 is 1.85 bits per heavy atom. The summed E-state index contributed by atoms with van der Waals surface area (Å²) in [4.78, 5) is 0. The maximum absolute atomic E-state index is 5.23. The third kappa shape index (κ3) is 3.03. The van der Waals surface area contributed by atoms with Crippen LogP contribution in [0.3, 0.4) is 0 Å². The van der Waals surface area contributed by atoms with Gasteiger partial charge in [0.05, 0.1) is 6.54 Å². The second-order valence-electron chi connectivity index (χ2n) is 2.55. The molecular formula is C12H11N. The van der Waals surface area contributed by atoms with Crippen LogP contribution >= 0.6 is 0 Å². The van der Waals surface area contributed by atoms with Crippen LogP contribution in [-0.2, 0) is 0 Å². The standard InChI is InChI=1S/C12H11N/c1-3-11-6-8-12(9-7-11)5-4-10-13-2/h1,6-9,13H,10H2,2H3. The topological polar surface area (TPSA) is 12.0 Å². The second-order valence-corrected chi connectivity index (χ2v) is 2.55. The van der Waals surface area contributed by atoms with E-state index in [0.29, 0.717) is 6.54 Å². The van der Waals surface area contributed by atoms with Crippen LogP contribution in [0.4, 0.5) is 0 Å². The van der Waals surface area contributed by atoms with Gasteiger partial charge in [-0.15, -0.1) is 6.42 Å². The maximum atomic E-state index is 5.23. The molecule has 64 valence electrons. The van der Waals surface area contributed by atoms with E-state index in [0.717, 1.165) is 11.1 Å². The molecule has 0 aliphatic carbocycles. The molecule has 0 aliphatic rings. The summed E-state index contributed by atoms with van der Waals surface area (Å²) in [7, 11) is 1.87. The molecule has 1 N–H and O–H groups in total. The zero-order chi connectivity index (χ0) is 9.52. The summed E-state index contributed by atoms with van der Waals surface area (Å²) < 4.78 is 0. The molecule has 1 aromatic carbocycles. The van der Waals surface area contributed by atoms with Gasteiger partial charge in [0.25, 0.3) is 0 Å². The van der Waals surface area contributed by atoms with Crippen molar-refractivity contribution in [3.8, 4) is 24.2 Å². The summed E-state index contributed by atoms with van der Waals surface area (Å²) >= 11 is 0. The Morgan fingerprint density at radius 3 is 2.38 bits per heavy atom. The van der Waals surface area contributed by atoms with Crippen LogP contribution in [0.15, 0.2) is 24.3 Å². The first-order valence-corrected chi connectivity index (χ1v) is 4.07.